The maximum absolute atomic E-state index is 5.61. The van der Waals surface area contributed by atoms with Crippen molar-refractivity contribution >= 4 is 0 Å². The van der Waals surface area contributed by atoms with Gasteiger partial charge in [-0.2, -0.15) is 0 Å². The van der Waals surface area contributed by atoms with E-state index >= 15 is 0 Å². The van der Waals surface area contributed by atoms with Crippen LogP contribution in [0.1, 0.15) is 46.5 Å². The summed E-state index contributed by atoms with van der Waals surface area (Å²) in [6.07, 6.45) is 5.52. The second-order valence-electron chi connectivity index (χ2n) is 5.23. The Balaban J connectivity index is 2.40. The first-order chi connectivity index (χ1) is 6.13. The SMILES string of the molecule is CC1CC(C)CC(C(C)CCN)C1. The predicted molar refractivity (Wildman–Crippen MR) is 58.5 cm³/mol. The summed E-state index contributed by atoms with van der Waals surface area (Å²) in [6.45, 7) is 8.04. The third-order valence-corrected chi connectivity index (χ3v) is 3.64. The Hall–Kier alpha value is -0.0400. The van der Waals surface area contributed by atoms with Crippen LogP contribution < -0.4 is 5.73 Å². The van der Waals surface area contributed by atoms with Crippen molar-refractivity contribution in [3.8, 4) is 0 Å². The lowest BCUT2D eigenvalue weighted by Gasteiger charge is -2.35. The number of nitrogens with two attached hydrogens (primary N) is 1. The van der Waals surface area contributed by atoms with Gasteiger partial charge in [0.1, 0.15) is 0 Å². The predicted octanol–water partition coefficient (Wildman–Crippen LogP) is 3.04. The van der Waals surface area contributed by atoms with Crippen LogP contribution in [0.5, 0.6) is 0 Å². The van der Waals surface area contributed by atoms with Gasteiger partial charge in [-0.25, -0.2) is 0 Å². The lowest BCUT2D eigenvalue weighted by atomic mass is 9.71. The van der Waals surface area contributed by atoms with Gasteiger partial charge in [-0.3, -0.25) is 0 Å². The van der Waals surface area contributed by atoms with Crippen LogP contribution in [-0.2, 0) is 0 Å². The van der Waals surface area contributed by atoms with Crippen molar-refractivity contribution in [2.45, 2.75) is 46.5 Å². The average molecular weight is 183 g/mol. The fourth-order valence-electron chi connectivity index (χ4n) is 2.97. The number of rotatable bonds is 3. The molecule has 0 heterocycles. The second-order valence-corrected chi connectivity index (χ2v) is 5.23. The van der Waals surface area contributed by atoms with E-state index in [1.165, 1.54) is 25.7 Å². The van der Waals surface area contributed by atoms with Crippen molar-refractivity contribution in [2.24, 2.45) is 29.4 Å². The van der Waals surface area contributed by atoms with Gasteiger partial charge in [-0.1, -0.05) is 20.8 Å². The number of hydrogen-bond donors (Lipinski definition) is 1. The molecule has 1 fully saturated rings. The fraction of sp³-hybridized carbons (Fsp3) is 1.00. The largest absolute Gasteiger partial charge is 0.330 e. The van der Waals surface area contributed by atoms with Crippen molar-refractivity contribution in [2.75, 3.05) is 6.54 Å². The van der Waals surface area contributed by atoms with Gasteiger partial charge in [-0.05, 0) is 55.9 Å². The molecule has 78 valence electrons. The lowest BCUT2D eigenvalue weighted by molar-refractivity contribution is 0.164. The Bertz CT molecular complexity index is 134. The molecule has 0 amide bonds. The average Bonchev–Trinajstić information content (AvgIpc) is 2.03. The summed E-state index contributed by atoms with van der Waals surface area (Å²) in [5.41, 5.74) is 5.61. The van der Waals surface area contributed by atoms with E-state index in [0.29, 0.717) is 0 Å². The zero-order chi connectivity index (χ0) is 9.84. The first-order valence-corrected chi connectivity index (χ1v) is 5.83. The molecular formula is C12H25N. The molecule has 1 saturated carbocycles. The summed E-state index contributed by atoms with van der Waals surface area (Å²) in [5, 5.41) is 0. The molecule has 0 radical (unpaired) electrons. The third kappa shape index (κ3) is 3.30. The van der Waals surface area contributed by atoms with E-state index in [0.717, 1.165) is 30.2 Å². The second kappa shape index (κ2) is 4.99. The molecule has 13 heavy (non-hydrogen) atoms. The molecular weight excluding hydrogens is 158 g/mol. The van der Waals surface area contributed by atoms with E-state index in [1.54, 1.807) is 0 Å². The van der Waals surface area contributed by atoms with Gasteiger partial charge in [0.2, 0.25) is 0 Å². The lowest BCUT2D eigenvalue weighted by Crippen LogP contribution is -2.25. The molecule has 0 saturated heterocycles. The highest BCUT2D eigenvalue weighted by molar-refractivity contribution is 4.78. The molecule has 0 aromatic heterocycles. The summed E-state index contributed by atoms with van der Waals surface area (Å²) in [6, 6.07) is 0. The molecule has 0 spiro atoms. The first-order valence-electron chi connectivity index (χ1n) is 5.83. The molecule has 0 aromatic rings. The summed E-state index contributed by atoms with van der Waals surface area (Å²) in [5.74, 6) is 3.67. The maximum atomic E-state index is 5.61. The van der Waals surface area contributed by atoms with E-state index in [9.17, 15) is 0 Å². The Morgan fingerprint density at radius 3 is 2.15 bits per heavy atom. The zero-order valence-corrected chi connectivity index (χ0v) is 9.42. The molecule has 1 nitrogen and oxygen atoms in total. The monoisotopic (exact) mass is 183 g/mol. The molecule has 3 unspecified atom stereocenters. The molecule has 1 aliphatic rings. The summed E-state index contributed by atoms with van der Waals surface area (Å²) in [7, 11) is 0. The number of hydrogen-bond acceptors (Lipinski definition) is 1. The van der Waals surface area contributed by atoms with Crippen LogP contribution >= 0.6 is 0 Å². The molecule has 1 rings (SSSR count). The van der Waals surface area contributed by atoms with Gasteiger partial charge in [0.05, 0.1) is 0 Å². The Labute approximate surface area is 83.1 Å². The van der Waals surface area contributed by atoms with Crippen molar-refractivity contribution < 1.29 is 0 Å². The molecule has 1 aliphatic carbocycles. The molecule has 0 bridgehead atoms. The van der Waals surface area contributed by atoms with E-state index in [4.69, 9.17) is 5.73 Å². The normalized spacial score (nSPS) is 37.4. The Morgan fingerprint density at radius 1 is 1.15 bits per heavy atom. The minimum absolute atomic E-state index is 0.843. The van der Waals surface area contributed by atoms with Crippen molar-refractivity contribution in [3.63, 3.8) is 0 Å². The minimum Gasteiger partial charge on any atom is -0.330 e. The fourth-order valence-corrected chi connectivity index (χ4v) is 2.97. The quantitative estimate of drug-likeness (QED) is 0.715. The first kappa shape index (κ1) is 11.0. The van der Waals surface area contributed by atoms with Gasteiger partial charge in [-0.15, -0.1) is 0 Å². The van der Waals surface area contributed by atoms with Gasteiger partial charge in [0.25, 0.3) is 0 Å². The molecule has 0 aromatic carbocycles. The van der Waals surface area contributed by atoms with E-state index < -0.39 is 0 Å². The summed E-state index contributed by atoms with van der Waals surface area (Å²) < 4.78 is 0. The van der Waals surface area contributed by atoms with Crippen LogP contribution in [0.2, 0.25) is 0 Å². The van der Waals surface area contributed by atoms with Crippen molar-refractivity contribution in [1.82, 2.24) is 0 Å². The van der Waals surface area contributed by atoms with Crippen LogP contribution in [0.3, 0.4) is 0 Å². The summed E-state index contributed by atoms with van der Waals surface area (Å²) >= 11 is 0. The highest BCUT2D eigenvalue weighted by Gasteiger charge is 2.27. The molecule has 1 heteroatoms. The molecule has 2 N–H and O–H groups in total. The van der Waals surface area contributed by atoms with Crippen LogP contribution in [0.15, 0.2) is 0 Å². The van der Waals surface area contributed by atoms with Crippen LogP contribution in [0.25, 0.3) is 0 Å². The van der Waals surface area contributed by atoms with Crippen LogP contribution in [0, 0.1) is 23.7 Å². The third-order valence-electron chi connectivity index (χ3n) is 3.64. The van der Waals surface area contributed by atoms with E-state index in [1.807, 2.05) is 0 Å². The van der Waals surface area contributed by atoms with Crippen LogP contribution in [-0.4, -0.2) is 6.54 Å². The molecule has 3 atom stereocenters. The molecule has 0 aliphatic heterocycles. The van der Waals surface area contributed by atoms with Gasteiger partial charge in [0.15, 0.2) is 0 Å². The smallest absolute Gasteiger partial charge is 0.00746 e. The topological polar surface area (TPSA) is 26.0 Å². The minimum atomic E-state index is 0.843. The van der Waals surface area contributed by atoms with Crippen molar-refractivity contribution in [1.29, 1.82) is 0 Å². The Kier molecular flexibility index (Phi) is 4.24. The van der Waals surface area contributed by atoms with Gasteiger partial charge >= 0.3 is 0 Å². The van der Waals surface area contributed by atoms with Gasteiger partial charge in [0, 0.05) is 0 Å². The Morgan fingerprint density at radius 2 is 1.69 bits per heavy atom. The van der Waals surface area contributed by atoms with E-state index in [-0.39, 0.29) is 0 Å². The zero-order valence-electron chi connectivity index (χ0n) is 9.42. The highest BCUT2D eigenvalue weighted by atomic mass is 14.5. The van der Waals surface area contributed by atoms with E-state index in [2.05, 4.69) is 20.8 Å². The highest BCUT2D eigenvalue weighted by Crippen LogP contribution is 2.37. The van der Waals surface area contributed by atoms with Crippen molar-refractivity contribution in [3.05, 3.63) is 0 Å². The van der Waals surface area contributed by atoms with Gasteiger partial charge < -0.3 is 5.73 Å². The summed E-state index contributed by atoms with van der Waals surface area (Å²) in [4.78, 5) is 0. The maximum Gasteiger partial charge on any atom is -0.00746 e. The standard InChI is InChI=1S/C12H25N/c1-9-6-10(2)8-12(7-9)11(3)4-5-13/h9-12H,4-8,13H2,1-3H3. The van der Waals surface area contributed by atoms with Crippen LogP contribution in [0.4, 0.5) is 0 Å².